The van der Waals surface area contributed by atoms with E-state index >= 15 is 0 Å². The van der Waals surface area contributed by atoms with E-state index in [1.54, 1.807) is 55.1 Å². The van der Waals surface area contributed by atoms with Crippen molar-refractivity contribution in [2.45, 2.75) is 0 Å². The summed E-state index contributed by atoms with van der Waals surface area (Å²) >= 11 is 0. The molecule has 0 saturated carbocycles. The van der Waals surface area contributed by atoms with Crippen LogP contribution in [0.25, 0.3) is 17.0 Å². The molecular weight excluding hydrogens is 482 g/mol. The molecule has 194 valence electrons. The minimum atomic E-state index is -0.320. The number of carbonyl (C=O) groups excluding carboxylic acids is 1. The molecule has 0 atom stereocenters. The third-order valence-corrected chi connectivity index (χ3v) is 5.45. The molecule has 0 saturated heterocycles. The summed E-state index contributed by atoms with van der Waals surface area (Å²) in [6.45, 7) is 0.411. The van der Waals surface area contributed by atoms with Crippen molar-refractivity contribution in [2.24, 2.45) is 0 Å². The summed E-state index contributed by atoms with van der Waals surface area (Å²) in [6.07, 6.45) is 0. The van der Waals surface area contributed by atoms with Gasteiger partial charge >= 0.3 is 0 Å². The Hall–Kier alpha value is -4.74. The molecule has 2 aromatic heterocycles. The van der Waals surface area contributed by atoms with E-state index in [4.69, 9.17) is 28.4 Å². The highest BCUT2D eigenvalue weighted by molar-refractivity contribution is 5.95. The van der Waals surface area contributed by atoms with E-state index in [0.29, 0.717) is 57.2 Å². The standard InChI is InChI=1S/C25H27N5O7/c1-32-16-6-7-17(18(14-16)33-2)24-28-27-21-8-9-22(29-30(21)24)37-11-10-26-25(31)15-12-19(34-3)23(36-5)20(13-15)35-4/h6-9,12-14H,10-11H2,1-5H3,(H,26,31). The summed E-state index contributed by atoms with van der Waals surface area (Å²) in [7, 11) is 7.62. The zero-order chi connectivity index (χ0) is 26.4. The van der Waals surface area contributed by atoms with Gasteiger partial charge in [0.25, 0.3) is 5.91 Å². The van der Waals surface area contributed by atoms with Gasteiger partial charge in [0.15, 0.2) is 23.0 Å². The van der Waals surface area contributed by atoms with Crippen LogP contribution in [0.15, 0.2) is 42.5 Å². The van der Waals surface area contributed by atoms with E-state index in [0.717, 1.165) is 0 Å². The number of carbonyl (C=O) groups is 1. The van der Waals surface area contributed by atoms with E-state index < -0.39 is 0 Å². The number of amides is 1. The first-order valence-corrected chi connectivity index (χ1v) is 11.2. The first kappa shape index (κ1) is 25.4. The predicted octanol–water partition coefficient (Wildman–Crippen LogP) is 2.64. The molecule has 4 aromatic rings. The fourth-order valence-corrected chi connectivity index (χ4v) is 3.63. The minimum absolute atomic E-state index is 0.179. The molecule has 2 aromatic carbocycles. The number of fused-ring (bicyclic) bond motifs is 1. The van der Waals surface area contributed by atoms with Gasteiger partial charge in [-0.2, -0.15) is 4.52 Å². The van der Waals surface area contributed by atoms with Crippen molar-refractivity contribution in [1.29, 1.82) is 0 Å². The van der Waals surface area contributed by atoms with E-state index in [2.05, 4.69) is 20.6 Å². The number of aromatic nitrogens is 4. The molecule has 0 bridgehead atoms. The summed E-state index contributed by atoms with van der Waals surface area (Å²) in [6, 6.07) is 12.0. The van der Waals surface area contributed by atoms with Crippen LogP contribution in [0, 0.1) is 0 Å². The lowest BCUT2D eigenvalue weighted by Crippen LogP contribution is -2.28. The second-order valence-electron chi connectivity index (χ2n) is 7.55. The number of ether oxygens (including phenoxy) is 6. The molecule has 0 fully saturated rings. The highest BCUT2D eigenvalue weighted by Crippen LogP contribution is 2.38. The Kier molecular flexibility index (Phi) is 7.77. The van der Waals surface area contributed by atoms with Gasteiger partial charge in [-0.05, 0) is 30.3 Å². The summed E-state index contributed by atoms with van der Waals surface area (Å²) in [5, 5.41) is 15.7. The molecule has 0 spiro atoms. The maximum Gasteiger partial charge on any atom is 0.251 e. The van der Waals surface area contributed by atoms with E-state index in [-0.39, 0.29) is 19.1 Å². The molecule has 1 amide bonds. The number of rotatable bonds is 11. The SMILES string of the molecule is COc1ccc(-c2nnc3ccc(OCCNC(=O)c4cc(OC)c(OC)c(OC)c4)nn23)c(OC)c1. The van der Waals surface area contributed by atoms with Crippen LogP contribution < -0.4 is 33.7 Å². The van der Waals surface area contributed by atoms with Crippen molar-refractivity contribution in [2.75, 3.05) is 48.7 Å². The largest absolute Gasteiger partial charge is 0.497 e. The van der Waals surface area contributed by atoms with E-state index in [9.17, 15) is 4.79 Å². The van der Waals surface area contributed by atoms with Gasteiger partial charge in [0.05, 0.1) is 47.7 Å². The molecular formula is C25H27N5O7. The first-order chi connectivity index (χ1) is 18.0. The van der Waals surface area contributed by atoms with Crippen LogP contribution >= 0.6 is 0 Å². The van der Waals surface area contributed by atoms with Crippen LogP contribution in [0.1, 0.15) is 10.4 Å². The van der Waals surface area contributed by atoms with Crippen LogP contribution in [0.3, 0.4) is 0 Å². The Morgan fingerprint density at radius 1 is 0.838 bits per heavy atom. The highest BCUT2D eigenvalue weighted by Gasteiger charge is 2.18. The van der Waals surface area contributed by atoms with Crippen LogP contribution in [0.5, 0.6) is 34.6 Å². The third-order valence-electron chi connectivity index (χ3n) is 5.45. The summed E-state index contributed by atoms with van der Waals surface area (Å²) < 4.78 is 34.0. The molecule has 12 nitrogen and oxygen atoms in total. The summed E-state index contributed by atoms with van der Waals surface area (Å²) in [5.41, 5.74) is 1.59. The number of benzene rings is 2. The van der Waals surface area contributed by atoms with Gasteiger partial charge in [-0.15, -0.1) is 15.3 Å². The molecule has 0 unspecified atom stereocenters. The second kappa shape index (κ2) is 11.3. The topological polar surface area (TPSA) is 128 Å². The highest BCUT2D eigenvalue weighted by atomic mass is 16.5. The molecule has 0 aliphatic carbocycles. The fourth-order valence-electron chi connectivity index (χ4n) is 3.63. The Morgan fingerprint density at radius 3 is 2.22 bits per heavy atom. The quantitative estimate of drug-likeness (QED) is 0.301. The Labute approximate surface area is 213 Å². The normalized spacial score (nSPS) is 10.6. The van der Waals surface area contributed by atoms with Gasteiger partial charge in [0.1, 0.15) is 18.1 Å². The lowest BCUT2D eigenvalue weighted by atomic mass is 10.1. The monoisotopic (exact) mass is 509 g/mol. The summed E-state index contributed by atoms with van der Waals surface area (Å²) in [4.78, 5) is 12.7. The number of hydrogen-bond donors (Lipinski definition) is 1. The molecule has 0 aliphatic rings. The number of nitrogens with zero attached hydrogens (tertiary/aromatic N) is 4. The van der Waals surface area contributed by atoms with E-state index in [1.807, 2.05) is 6.07 Å². The van der Waals surface area contributed by atoms with Crippen molar-refractivity contribution in [3.8, 4) is 46.0 Å². The zero-order valence-corrected chi connectivity index (χ0v) is 21.1. The minimum Gasteiger partial charge on any atom is -0.497 e. The maximum atomic E-state index is 12.7. The lowest BCUT2D eigenvalue weighted by Gasteiger charge is -2.14. The van der Waals surface area contributed by atoms with Crippen molar-refractivity contribution < 1.29 is 33.2 Å². The maximum absolute atomic E-state index is 12.7. The Balaban J connectivity index is 1.44. The third kappa shape index (κ3) is 5.27. The predicted molar refractivity (Wildman–Crippen MR) is 133 cm³/mol. The second-order valence-corrected chi connectivity index (χ2v) is 7.55. The van der Waals surface area contributed by atoms with Crippen molar-refractivity contribution >= 4 is 11.6 Å². The smallest absolute Gasteiger partial charge is 0.251 e. The molecule has 0 radical (unpaired) electrons. The molecule has 0 aliphatic heterocycles. The average Bonchev–Trinajstić information content (AvgIpc) is 3.36. The zero-order valence-electron chi connectivity index (χ0n) is 21.1. The lowest BCUT2D eigenvalue weighted by molar-refractivity contribution is 0.0945. The average molecular weight is 510 g/mol. The van der Waals surface area contributed by atoms with Crippen molar-refractivity contribution in [3.05, 3.63) is 48.0 Å². The van der Waals surface area contributed by atoms with Crippen LogP contribution in [-0.4, -0.2) is 74.4 Å². The molecule has 37 heavy (non-hydrogen) atoms. The van der Waals surface area contributed by atoms with E-state index in [1.165, 1.54) is 21.3 Å². The fraction of sp³-hybridized carbons (Fsp3) is 0.280. The van der Waals surface area contributed by atoms with Crippen molar-refractivity contribution in [3.63, 3.8) is 0 Å². The number of methoxy groups -OCH3 is 5. The molecule has 1 N–H and O–H groups in total. The van der Waals surface area contributed by atoms with Gasteiger partial charge in [-0.1, -0.05) is 0 Å². The van der Waals surface area contributed by atoms with Gasteiger partial charge in [-0.25, -0.2) is 0 Å². The van der Waals surface area contributed by atoms with Crippen LogP contribution in [0.2, 0.25) is 0 Å². The molecule has 12 heteroatoms. The van der Waals surface area contributed by atoms with Gasteiger partial charge < -0.3 is 33.7 Å². The Bertz CT molecular complexity index is 1380. The number of hydrogen-bond acceptors (Lipinski definition) is 10. The molecule has 2 heterocycles. The van der Waals surface area contributed by atoms with Gasteiger partial charge in [0.2, 0.25) is 11.6 Å². The van der Waals surface area contributed by atoms with Gasteiger partial charge in [-0.3, -0.25) is 4.79 Å². The number of nitrogens with one attached hydrogen (secondary N) is 1. The van der Waals surface area contributed by atoms with Gasteiger partial charge in [0, 0.05) is 17.7 Å². The summed E-state index contributed by atoms with van der Waals surface area (Å²) in [5.74, 6) is 2.90. The van der Waals surface area contributed by atoms with Crippen LogP contribution in [-0.2, 0) is 0 Å². The first-order valence-electron chi connectivity index (χ1n) is 11.2. The van der Waals surface area contributed by atoms with Crippen molar-refractivity contribution in [1.82, 2.24) is 25.1 Å². The Morgan fingerprint density at radius 2 is 1.57 bits per heavy atom. The molecule has 4 rings (SSSR count). The van der Waals surface area contributed by atoms with Crippen LogP contribution in [0.4, 0.5) is 0 Å².